The first kappa shape index (κ1) is 35.5. The summed E-state index contributed by atoms with van der Waals surface area (Å²) in [6.45, 7) is 0.708. The molecule has 1 fully saturated rings. The number of ether oxygens (including phenoxy) is 2. The molecule has 9 N–H and O–H groups in total. The molecule has 25 heteroatoms. The van der Waals surface area contributed by atoms with Gasteiger partial charge < -0.3 is 45.6 Å². The number of aliphatic hydroxyl groups is 1. The summed E-state index contributed by atoms with van der Waals surface area (Å²) in [6.07, 6.45) is -3.56. The molecule has 3 heterocycles. The number of aromatic nitrogens is 4. The molecule has 3 unspecified atom stereocenters. The third kappa shape index (κ3) is 8.90. The topological polar surface area (TPSA) is 337 Å². The Labute approximate surface area is 257 Å². The van der Waals surface area contributed by atoms with Gasteiger partial charge in [0.05, 0.1) is 36.1 Å². The standard InChI is InChI=1S/C21H26N7O15P3/c1-11(13-5-4-12(3-2-6-22)7-14(13)28(30)31)40-20-18-19(25-21(23)26-20)27(10-24-18)17-8-15(29)16(41-17)9-39-45(35,36)43-46(37,38)42-44(32,33)34/h4-5,7,10-11,15-17,29H,6,8-9,22H2,1H3,(H,35,36)(H,37,38)(H2,23,25,26)(H2,32,33,34)/t11?,15-,16-,17-/m1/s1. The molecule has 6 atom stereocenters. The maximum absolute atomic E-state index is 12.0. The van der Waals surface area contributed by atoms with Crippen molar-refractivity contribution in [2.24, 2.45) is 5.73 Å². The fourth-order valence-electron chi connectivity index (χ4n) is 4.21. The first-order valence-corrected chi connectivity index (χ1v) is 17.2. The molecule has 3 aromatic rings. The van der Waals surface area contributed by atoms with Gasteiger partial charge in [-0.15, -0.1) is 0 Å². The van der Waals surface area contributed by atoms with Crippen LogP contribution in [0.4, 0.5) is 11.6 Å². The van der Waals surface area contributed by atoms with E-state index in [0.717, 1.165) is 0 Å². The normalized spacial score (nSPS) is 21.6. The number of hydrogen-bond acceptors (Lipinski definition) is 16. The highest BCUT2D eigenvalue weighted by atomic mass is 31.3. The lowest BCUT2D eigenvalue weighted by Gasteiger charge is -2.19. The highest BCUT2D eigenvalue weighted by Gasteiger charge is 2.43. The number of hydrogen-bond donors (Lipinski definition) is 7. The number of rotatable bonds is 12. The fraction of sp³-hybridized carbons (Fsp3) is 0.381. The number of anilines is 1. The molecule has 4 rings (SSSR count). The van der Waals surface area contributed by atoms with Gasteiger partial charge in [0.1, 0.15) is 18.4 Å². The zero-order chi connectivity index (χ0) is 34.0. The van der Waals surface area contributed by atoms with Crippen LogP contribution < -0.4 is 16.2 Å². The molecule has 0 radical (unpaired) electrons. The molecule has 1 aliphatic rings. The average Bonchev–Trinajstić information content (AvgIpc) is 3.51. The Morgan fingerprint density at radius 3 is 2.57 bits per heavy atom. The quantitative estimate of drug-likeness (QED) is 0.0590. The second-order valence-electron chi connectivity index (χ2n) is 9.33. The van der Waals surface area contributed by atoms with Crippen molar-refractivity contribution >= 4 is 46.3 Å². The van der Waals surface area contributed by atoms with Gasteiger partial charge in [-0.3, -0.25) is 19.2 Å². The third-order valence-corrected chi connectivity index (χ3v) is 9.83. The van der Waals surface area contributed by atoms with E-state index in [1.165, 1.54) is 30.0 Å². The van der Waals surface area contributed by atoms with Gasteiger partial charge in [-0.05, 0) is 19.1 Å². The Kier molecular flexibility index (Phi) is 10.6. The lowest BCUT2D eigenvalue weighted by molar-refractivity contribution is -0.386. The number of benzene rings is 1. The highest BCUT2D eigenvalue weighted by molar-refractivity contribution is 7.66. The van der Waals surface area contributed by atoms with Crippen LogP contribution in [0.5, 0.6) is 5.88 Å². The van der Waals surface area contributed by atoms with E-state index in [9.17, 15) is 38.7 Å². The van der Waals surface area contributed by atoms with Crippen LogP contribution >= 0.6 is 23.5 Å². The van der Waals surface area contributed by atoms with Crippen LogP contribution in [0.1, 0.15) is 36.8 Å². The van der Waals surface area contributed by atoms with E-state index >= 15 is 0 Å². The summed E-state index contributed by atoms with van der Waals surface area (Å²) in [5.41, 5.74) is 11.7. The number of nitrogens with zero attached hydrogens (tertiary/aromatic N) is 5. The highest BCUT2D eigenvalue weighted by Crippen LogP contribution is 2.66. The number of nitro benzene ring substituents is 1. The Bertz CT molecular complexity index is 1840. The van der Waals surface area contributed by atoms with Crippen molar-refractivity contribution in [3.8, 4) is 17.7 Å². The van der Waals surface area contributed by atoms with Gasteiger partial charge in [-0.1, -0.05) is 11.8 Å². The fourth-order valence-corrected chi connectivity index (χ4v) is 7.24. The smallest absolute Gasteiger partial charge is 0.468 e. The number of phosphoric acid groups is 3. The molecule has 0 saturated carbocycles. The molecule has 1 aliphatic heterocycles. The Morgan fingerprint density at radius 1 is 1.20 bits per heavy atom. The monoisotopic (exact) mass is 709 g/mol. The molecule has 1 aromatic carbocycles. The van der Waals surface area contributed by atoms with Crippen molar-refractivity contribution in [3.05, 3.63) is 45.8 Å². The minimum absolute atomic E-state index is 0.0577. The maximum Gasteiger partial charge on any atom is 0.490 e. The summed E-state index contributed by atoms with van der Waals surface area (Å²) in [4.78, 5) is 59.8. The molecular formula is C21H26N7O15P3. The summed E-state index contributed by atoms with van der Waals surface area (Å²) in [5.74, 6) is 4.92. The number of imidazole rings is 1. The lowest BCUT2D eigenvalue weighted by Crippen LogP contribution is -2.26. The Balaban J connectivity index is 1.51. The minimum Gasteiger partial charge on any atom is -0.468 e. The molecule has 46 heavy (non-hydrogen) atoms. The minimum atomic E-state index is -5.74. The molecule has 0 aliphatic carbocycles. The van der Waals surface area contributed by atoms with E-state index < -0.39 is 59.5 Å². The van der Waals surface area contributed by atoms with Gasteiger partial charge in [-0.25, -0.2) is 18.7 Å². The molecule has 2 aromatic heterocycles. The molecule has 0 amide bonds. The maximum atomic E-state index is 12.0. The third-order valence-electron chi connectivity index (χ3n) is 6.03. The molecule has 1 saturated heterocycles. The summed E-state index contributed by atoms with van der Waals surface area (Å²) in [6, 6.07) is 4.31. The average molecular weight is 709 g/mol. The van der Waals surface area contributed by atoms with Crippen molar-refractivity contribution in [3.63, 3.8) is 0 Å². The molecule has 250 valence electrons. The van der Waals surface area contributed by atoms with Crippen molar-refractivity contribution < 1.29 is 65.9 Å². The second kappa shape index (κ2) is 13.8. The zero-order valence-corrected chi connectivity index (χ0v) is 26.0. The predicted octanol–water partition coefficient (Wildman–Crippen LogP) is 0.759. The van der Waals surface area contributed by atoms with Crippen molar-refractivity contribution in [2.75, 3.05) is 18.9 Å². The number of phosphoric ester groups is 1. The van der Waals surface area contributed by atoms with Crippen molar-refractivity contribution in [1.29, 1.82) is 0 Å². The van der Waals surface area contributed by atoms with Crippen LogP contribution in [0.15, 0.2) is 24.5 Å². The van der Waals surface area contributed by atoms with Crippen molar-refractivity contribution in [2.45, 2.75) is 37.9 Å². The van der Waals surface area contributed by atoms with Crippen LogP contribution in [0.25, 0.3) is 11.2 Å². The number of nitrogens with two attached hydrogens (primary N) is 2. The Hall–Kier alpha value is -3.38. The van der Waals surface area contributed by atoms with E-state index in [1.807, 2.05) is 0 Å². The van der Waals surface area contributed by atoms with Gasteiger partial charge in [0.2, 0.25) is 11.8 Å². The first-order chi connectivity index (χ1) is 21.4. The molecular weight excluding hydrogens is 683 g/mol. The van der Waals surface area contributed by atoms with Gasteiger partial charge in [0.25, 0.3) is 5.69 Å². The van der Waals surface area contributed by atoms with Crippen LogP contribution in [0.2, 0.25) is 0 Å². The van der Waals surface area contributed by atoms with Gasteiger partial charge in [0.15, 0.2) is 11.2 Å². The van der Waals surface area contributed by atoms with Crippen LogP contribution in [-0.4, -0.2) is 74.5 Å². The van der Waals surface area contributed by atoms with Crippen LogP contribution in [-0.2, 0) is 31.6 Å². The first-order valence-electron chi connectivity index (χ1n) is 12.6. The van der Waals surface area contributed by atoms with Gasteiger partial charge >= 0.3 is 23.5 Å². The molecule has 0 bridgehead atoms. The number of nitrogen functional groups attached to an aromatic ring is 1. The Morgan fingerprint density at radius 2 is 1.91 bits per heavy atom. The zero-order valence-electron chi connectivity index (χ0n) is 23.3. The van der Waals surface area contributed by atoms with E-state index in [1.54, 1.807) is 6.07 Å². The van der Waals surface area contributed by atoms with E-state index in [0.29, 0.717) is 5.56 Å². The van der Waals surface area contributed by atoms with Gasteiger partial charge in [-0.2, -0.15) is 18.6 Å². The summed E-state index contributed by atoms with van der Waals surface area (Å²) in [7, 11) is -16.8. The molecule has 0 spiro atoms. The number of aliphatic hydroxyl groups excluding tert-OH is 1. The van der Waals surface area contributed by atoms with Crippen molar-refractivity contribution in [1.82, 2.24) is 19.5 Å². The van der Waals surface area contributed by atoms with Gasteiger partial charge in [0, 0.05) is 18.1 Å². The second-order valence-corrected chi connectivity index (χ2v) is 13.7. The van der Waals surface area contributed by atoms with E-state index in [2.05, 4.69) is 39.9 Å². The summed E-state index contributed by atoms with van der Waals surface area (Å²) < 4.78 is 59.1. The number of nitro groups is 1. The number of fused-ring (bicyclic) bond motifs is 1. The SMILES string of the molecule is CC(Oc1nc(N)nc2c1ncn2[C@H]1C[C@@H](O)[C@@H](COP(=O)(O)OP(=O)(O)OP(=O)(O)O)O1)c1ccc(C#CCN)cc1[N+](=O)[O-]. The summed E-state index contributed by atoms with van der Waals surface area (Å²) >= 11 is 0. The molecule has 22 nitrogen and oxygen atoms in total. The van der Waals surface area contributed by atoms with Crippen LogP contribution in [0.3, 0.4) is 0 Å². The predicted molar refractivity (Wildman–Crippen MR) is 152 cm³/mol. The largest absolute Gasteiger partial charge is 0.490 e. The van der Waals surface area contributed by atoms with E-state index in [4.69, 9.17) is 30.7 Å². The van der Waals surface area contributed by atoms with Crippen LogP contribution in [0, 0.1) is 22.0 Å². The van der Waals surface area contributed by atoms with E-state index in [-0.39, 0.29) is 47.2 Å². The lowest BCUT2D eigenvalue weighted by atomic mass is 10.1. The summed E-state index contributed by atoms with van der Waals surface area (Å²) in [5, 5.41) is 22.2.